The zero-order chi connectivity index (χ0) is 11.0. The Morgan fingerprint density at radius 2 is 2.38 bits per heavy atom. The molecule has 0 saturated heterocycles. The maximum atomic E-state index is 11.4. The lowest BCUT2D eigenvalue weighted by atomic mass is 10.4. The molecule has 6 heteroatoms. The predicted molar refractivity (Wildman–Crippen MR) is 53.9 cm³/mol. The van der Waals surface area contributed by atoms with Crippen molar-refractivity contribution in [3.8, 4) is 0 Å². The molecule has 1 aliphatic rings. The van der Waals surface area contributed by atoms with Gasteiger partial charge >= 0.3 is 0 Å². The molecule has 1 fully saturated rings. The van der Waals surface area contributed by atoms with E-state index in [9.17, 15) is 4.79 Å². The lowest BCUT2D eigenvalue weighted by Crippen LogP contribution is -2.19. The zero-order valence-electron chi connectivity index (χ0n) is 8.54. The van der Waals surface area contributed by atoms with Gasteiger partial charge in [-0.25, -0.2) is 4.98 Å². The van der Waals surface area contributed by atoms with Crippen LogP contribution in [0.1, 0.15) is 30.5 Å². The van der Waals surface area contributed by atoms with Crippen molar-refractivity contribution >= 4 is 0 Å². The van der Waals surface area contributed by atoms with Crippen LogP contribution in [0.3, 0.4) is 0 Å². The molecular weight excluding hydrogens is 208 g/mol. The second-order valence-electron chi connectivity index (χ2n) is 3.87. The minimum Gasteiger partial charge on any atom is -0.337 e. The van der Waals surface area contributed by atoms with Gasteiger partial charge in [-0.1, -0.05) is 5.16 Å². The lowest BCUT2D eigenvalue weighted by Gasteiger charge is -1.98. The van der Waals surface area contributed by atoms with Crippen LogP contribution in [0.4, 0.5) is 0 Å². The molecule has 0 atom stereocenters. The van der Waals surface area contributed by atoms with Gasteiger partial charge in [0.1, 0.15) is 6.54 Å². The van der Waals surface area contributed by atoms with Gasteiger partial charge in [0, 0.05) is 18.2 Å². The predicted octanol–water partition coefficient (Wildman–Crippen LogP) is 0.552. The monoisotopic (exact) mass is 218 g/mol. The molecular formula is C10H10N4O2. The summed E-state index contributed by atoms with van der Waals surface area (Å²) in [5, 5.41) is 3.88. The van der Waals surface area contributed by atoms with Gasteiger partial charge in [-0.05, 0) is 12.8 Å². The maximum absolute atomic E-state index is 11.4. The van der Waals surface area contributed by atoms with E-state index in [1.807, 2.05) is 0 Å². The molecule has 0 aromatic carbocycles. The molecule has 16 heavy (non-hydrogen) atoms. The summed E-state index contributed by atoms with van der Waals surface area (Å²) in [4.78, 5) is 19.5. The van der Waals surface area contributed by atoms with Crippen molar-refractivity contribution < 1.29 is 4.52 Å². The Balaban J connectivity index is 1.83. The number of rotatable bonds is 3. The van der Waals surface area contributed by atoms with E-state index in [2.05, 4.69) is 15.1 Å². The van der Waals surface area contributed by atoms with E-state index in [1.54, 1.807) is 0 Å². The van der Waals surface area contributed by atoms with Crippen LogP contribution in [0.2, 0.25) is 0 Å². The van der Waals surface area contributed by atoms with Crippen LogP contribution in [-0.2, 0) is 6.54 Å². The van der Waals surface area contributed by atoms with Crippen molar-refractivity contribution in [1.29, 1.82) is 0 Å². The normalized spacial score (nSPS) is 15.2. The van der Waals surface area contributed by atoms with E-state index in [-0.39, 0.29) is 12.1 Å². The smallest absolute Gasteiger partial charge is 0.253 e. The highest BCUT2D eigenvalue weighted by atomic mass is 16.5. The van der Waals surface area contributed by atoms with E-state index in [0.717, 1.165) is 18.7 Å². The molecule has 1 saturated carbocycles. The first-order chi connectivity index (χ1) is 7.83. The van der Waals surface area contributed by atoms with Crippen LogP contribution >= 0.6 is 0 Å². The van der Waals surface area contributed by atoms with Crippen molar-refractivity contribution in [1.82, 2.24) is 19.7 Å². The molecule has 6 nitrogen and oxygen atoms in total. The second-order valence-corrected chi connectivity index (χ2v) is 3.87. The van der Waals surface area contributed by atoms with Gasteiger partial charge in [0.15, 0.2) is 5.82 Å². The Labute approximate surface area is 90.9 Å². The molecule has 2 aromatic rings. The van der Waals surface area contributed by atoms with Gasteiger partial charge in [-0.15, -0.1) is 0 Å². The van der Waals surface area contributed by atoms with Crippen LogP contribution in [0.25, 0.3) is 0 Å². The topological polar surface area (TPSA) is 73.8 Å². The molecule has 1 aliphatic carbocycles. The largest absolute Gasteiger partial charge is 0.337 e. The SMILES string of the molecule is O=c1ccncn1Cc1nc(C2CC2)no1. The molecule has 0 aliphatic heterocycles. The molecule has 0 bridgehead atoms. The van der Waals surface area contributed by atoms with Crippen LogP contribution < -0.4 is 5.56 Å². The summed E-state index contributed by atoms with van der Waals surface area (Å²) in [6, 6.07) is 1.40. The van der Waals surface area contributed by atoms with Crippen molar-refractivity contribution in [3.63, 3.8) is 0 Å². The Morgan fingerprint density at radius 3 is 3.12 bits per heavy atom. The Hall–Kier alpha value is -1.98. The van der Waals surface area contributed by atoms with Gasteiger partial charge in [0.25, 0.3) is 5.56 Å². The number of hydrogen-bond donors (Lipinski definition) is 0. The quantitative estimate of drug-likeness (QED) is 0.752. The van der Waals surface area contributed by atoms with Crippen molar-refractivity contribution in [2.45, 2.75) is 25.3 Å². The molecule has 0 spiro atoms. The first-order valence-electron chi connectivity index (χ1n) is 5.16. The van der Waals surface area contributed by atoms with Gasteiger partial charge < -0.3 is 4.52 Å². The van der Waals surface area contributed by atoms with E-state index >= 15 is 0 Å². The standard InChI is InChI=1S/C10H10N4O2/c15-9-3-4-11-6-14(9)5-8-12-10(13-16-8)7-1-2-7/h3-4,6-7H,1-2,5H2. The molecule has 82 valence electrons. The summed E-state index contributed by atoms with van der Waals surface area (Å²) in [6.45, 7) is 0.284. The molecule has 0 unspecified atom stereocenters. The number of hydrogen-bond acceptors (Lipinski definition) is 5. The minimum absolute atomic E-state index is 0.124. The minimum atomic E-state index is -0.124. The van der Waals surface area contributed by atoms with Gasteiger partial charge in [0.05, 0.1) is 6.33 Å². The summed E-state index contributed by atoms with van der Waals surface area (Å²) < 4.78 is 6.51. The first-order valence-corrected chi connectivity index (χ1v) is 5.16. The maximum Gasteiger partial charge on any atom is 0.253 e. The third kappa shape index (κ3) is 1.73. The van der Waals surface area contributed by atoms with Crippen molar-refractivity contribution in [3.05, 3.63) is 40.7 Å². The summed E-state index contributed by atoms with van der Waals surface area (Å²) in [5.41, 5.74) is -0.124. The summed E-state index contributed by atoms with van der Waals surface area (Å²) in [6.07, 6.45) is 5.18. The molecule has 0 amide bonds. The highest BCUT2D eigenvalue weighted by molar-refractivity contribution is 5.03. The van der Waals surface area contributed by atoms with E-state index in [4.69, 9.17) is 4.52 Å². The summed E-state index contributed by atoms with van der Waals surface area (Å²) in [7, 11) is 0. The Bertz CT molecular complexity index is 556. The van der Waals surface area contributed by atoms with Gasteiger partial charge in [0.2, 0.25) is 5.89 Å². The number of nitrogens with zero attached hydrogens (tertiary/aromatic N) is 4. The van der Waals surface area contributed by atoms with Crippen LogP contribution in [0, 0.1) is 0 Å². The molecule has 2 heterocycles. The van der Waals surface area contributed by atoms with Gasteiger partial charge in [-0.3, -0.25) is 9.36 Å². The third-order valence-corrected chi connectivity index (χ3v) is 2.52. The fourth-order valence-electron chi connectivity index (χ4n) is 1.48. The fraction of sp³-hybridized carbons (Fsp3) is 0.400. The summed E-state index contributed by atoms with van der Waals surface area (Å²) >= 11 is 0. The van der Waals surface area contributed by atoms with Crippen molar-refractivity contribution in [2.75, 3.05) is 0 Å². The van der Waals surface area contributed by atoms with E-state index in [0.29, 0.717) is 11.8 Å². The van der Waals surface area contributed by atoms with Gasteiger partial charge in [-0.2, -0.15) is 4.98 Å². The highest BCUT2D eigenvalue weighted by Crippen LogP contribution is 2.38. The fourth-order valence-corrected chi connectivity index (χ4v) is 1.48. The van der Waals surface area contributed by atoms with Crippen LogP contribution in [0.15, 0.2) is 27.9 Å². The zero-order valence-corrected chi connectivity index (χ0v) is 8.54. The van der Waals surface area contributed by atoms with Crippen LogP contribution in [-0.4, -0.2) is 19.7 Å². The molecule has 0 N–H and O–H groups in total. The Morgan fingerprint density at radius 1 is 1.50 bits per heavy atom. The Kier molecular flexibility index (Phi) is 2.05. The average molecular weight is 218 g/mol. The van der Waals surface area contributed by atoms with E-state index in [1.165, 1.54) is 23.2 Å². The second kappa shape index (κ2) is 3.55. The van der Waals surface area contributed by atoms with E-state index < -0.39 is 0 Å². The average Bonchev–Trinajstić information content (AvgIpc) is 3.03. The van der Waals surface area contributed by atoms with Crippen LogP contribution in [0.5, 0.6) is 0 Å². The molecule has 3 rings (SSSR count). The highest BCUT2D eigenvalue weighted by Gasteiger charge is 2.28. The molecule has 2 aromatic heterocycles. The molecule has 0 radical (unpaired) electrons. The number of aromatic nitrogens is 4. The van der Waals surface area contributed by atoms with Crippen molar-refractivity contribution in [2.24, 2.45) is 0 Å². The lowest BCUT2D eigenvalue weighted by molar-refractivity contribution is 0.364. The third-order valence-electron chi connectivity index (χ3n) is 2.52. The first kappa shape index (κ1) is 9.26. The summed E-state index contributed by atoms with van der Waals surface area (Å²) in [5.74, 6) is 1.67.